The SMILES string of the molecule is CCOC(=O)N1CCN(CCS(=O)(=O)c2c(F)c(F)nc(N3CCCCC3C)c2F)CC1. The van der Waals surface area contributed by atoms with Crippen LogP contribution in [0.25, 0.3) is 0 Å². The lowest BCUT2D eigenvalue weighted by Crippen LogP contribution is -2.49. The Labute approximate surface area is 186 Å². The lowest BCUT2D eigenvalue weighted by atomic mass is 10.0. The molecule has 3 heterocycles. The molecule has 0 radical (unpaired) electrons. The Morgan fingerprint density at radius 3 is 2.41 bits per heavy atom. The normalized spacial score (nSPS) is 20.5. The van der Waals surface area contributed by atoms with E-state index in [1.54, 1.807) is 11.8 Å². The van der Waals surface area contributed by atoms with Crippen molar-refractivity contribution in [2.45, 2.75) is 44.0 Å². The van der Waals surface area contributed by atoms with Gasteiger partial charge in [0.2, 0.25) is 0 Å². The molecule has 0 saturated carbocycles. The average molecular weight is 479 g/mol. The predicted molar refractivity (Wildman–Crippen MR) is 112 cm³/mol. The van der Waals surface area contributed by atoms with E-state index in [0.717, 1.165) is 19.3 Å². The van der Waals surface area contributed by atoms with Gasteiger partial charge in [-0.2, -0.15) is 9.37 Å². The zero-order valence-corrected chi connectivity index (χ0v) is 19.1. The summed E-state index contributed by atoms with van der Waals surface area (Å²) in [4.78, 5) is 18.7. The van der Waals surface area contributed by atoms with Gasteiger partial charge >= 0.3 is 6.09 Å². The van der Waals surface area contributed by atoms with Crippen LogP contribution in [-0.2, 0) is 14.6 Å². The largest absolute Gasteiger partial charge is 0.450 e. The van der Waals surface area contributed by atoms with Crippen LogP contribution in [0.1, 0.15) is 33.1 Å². The standard InChI is InChI=1S/C20H29F3N4O4S/c1-3-31-20(28)26-10-8-25(9-11-26)12-13-32(29,30)17-15(21)18(23)24-19(16(17)22)27-7-5-4-6-14(27)2/h14H,3-13H2,1-2H3. The Kier molecular flexibility index (Phi) is 7.86. The number of piperazine rings is 1. The van der Waals surface area contributed by atoms with Crippen molar-refractivity contribution in [1.29, 1.82) is 0 Å². The van der Waals surface area contributed by atoms with Crippen LogP contribution < -0.4 is 4.90 Å². The van der Waals surface area contributed by atoms with Crippen LogP contribution in [0.3, 0.4) is 0 Å². The molecule has 3 rings (SSSR count). The van der Waals surface area contributed by atoms with Gasteiger partial charge < -0.3 is 14.5 Å². The van der Waals surface area contributed by atoms with Gasteiger partial charge in [-0.25, -0.2) is 22.0 Å². The topological polar surface area (TPSA) is 83.0 Å². The Hall–Kier alpha value is -2.08. The summed E-state index contributed by atoms with van der Waals surface area (Å²) in [6, 6.07) is -0.165. The lowest BCUT2D eigenvalue weighted by Gasteiger charge is -2.35. The van der Waals surface area contributed by atoms with Gasteiger partial charge in [-0.3, -0.25) is 4.90 Å². The number of halogens is 3. The molecule has 12 heteroatoms. The molecule has 2 fully saturated rings. The maximum atomic E-state index is 15.2. The van der Waals surface area contributed by atoms with Crippen LogP contribution in [0.2, 0.25) is 0 Å². The number of hydrogen-bond acceptors (Lipinski definition) is 7. The van der Waals surface area contributed by atoms with Gasteiger partial charge in [0.05, 0.1) is 12.4 Å². The molecular weight excluding hydrogens is 449 g/mol. The summed E-state index contributed by atoms with van der Waals surface area (Å²) in [6.07, 6.45) is 1.93. The van der Waals surface area contributed by atoms with Gasteiger partial charge in [-0.15, -0.1) is 0 Å². The van der Waals surface area contributed by atoms with Crippen LogP contribution in [0.4, 0.5) is 23.8 Å². The second-order valence-corrected chi connectivity index (χ2v) is 10.1. The third-order valence-corrected chi connectivity index (χ3v) is 7.64. The highest BCUT2D eigenvalue weighted by Crippen LogP contribution is 2.32. The molecule has 1 unspecified atom stereocenters. The number of anilines is 1. The van der Waals surface area contributed by atoms with Crippen molar-refractivity contribution >= 4 is 21.7 Å². The van der Waals surface area contributed by atoms with Crippen LogP contribution in [0.15, 0.2) is 4.90 Å². The molecule has 0 spiro atoms. The fourth-order valence-corrected chi connectivity index (χ4v) is 5.50. The van der Waals surface area contributed by atoms with Crippen molar-refractivity contribution in [2.75, 3.05) is 56.5 Å². The minimum Gasteiger partial charge on any atom is -0.450 e. The predicted octanol–water partition coefficient (Wildman–Crippen LogP) is 2.43. The molecule has 2 saturated heterocycles. The van der Waals surface area contributed by atoms with Gasteiger partial charge in [0.1, 0.15) is 4.90 Å². The zero-order valence-electron chi connectivity index (χ0n) is 18.3. The van der Waals surface area contributed by atoms with Crippen molar-refractivity contribution in [3.8, 4) is 0 Å². The molecule has 1 amide bonds. The first-order valence-corrected chi connectivity index (χ1v) is 12.5. The first-order chi connectivity index (χ1) is 15.2. The third kappa shape index (κ3) is 5.28. The molecule has 180 valence electrons. The van der Waals surface area contributed by atoms with Crippen LogP contribution >= 0.6 is 0 Å². The number of rotatable bonds is 6. The summed E-state index contributed by atoms with van der Waals surface area (Å²) in [5.74, 6) is -5.80. The van der Waals surface area contributed by atoms with E-state index in [-0.39, 0.29) is 19.2 Å². The molecule has 0 aromatic carbocycles. The summed E-state index contributed by atoms with van der Waals surface area (Å²) in [7, 11) is -4.46. The zero-order chi connectivity index (χ0) is 23.5. The number of nitrogens with zero attached hydrogens (tertiary/aromatic N) is 4. The Morgan fingerprint density at radius 1 is 1.09 bits per heavy atom. The summed E-state index contributed by atoms with van der Waals surface area (Å²) in [5.41, 5.74) is 0. The van der Waals surface area contributed by atoms with E-state index in [2.05, 4.69) is 4.98 Å². The monoisotopic (exact) mass is 478 g/mol. The summed E-state index contributed by atoms with van der Waals surface area (Å²) >= 11 is 0. The van der Waals surface area contributed by atoms with Crippen molar-refractivity contribution in [2.24, 2.45) is 0 Å². The molecule has 0 bridgehead atoms. The Bertz CT molecular complexity index is 939. The van der Waals surface area contributed by atoms with Gasteiger partial charge in [0.25, 0.3) is 5.95 Å². The van der Waals surface area contributed by atoms with Crippen molar-refractivity contribution in [3.63, 3.8) is 0 Å². The van der Waals surface area contributed by atoms with E-state index in [4.69, 9.17) is 4.74 Å². The van der Waals surface area contributed by atoms with Gasteiger partial charge in [-0.05, 0) is 33.1 Å². The molecule has 1 aromatic rings. The number of ether oxygens (including phenoxy) is 1. The second kappa shape index (κ2) is 10.2. The minimum atomic E-state index is -4.46. The van der Waals surface area contributed by atoms with Crippen LogP contribution in [-0.4, -0.2) is 87.0 Å². The number of carbonyl (C=O) groups excluding carboxylic acids is 1. The molecule has 1 atom stereocenters. The van der Waals surface area contributed by atoms with E-state index in [0.29, 0.717) is 32.7 Å². The fraction of sp³-hybridized carbons (Fsp3) is 0.700. The highest BCUT2D eigenvalue weighted by atomic mass is 32.2. The number of piperidine rings is 1. The molecule has 8 nitrogen and oxygen atoms in total. The van der Waals surface area contributed by atoms with Crippen molar-refractivity contribution in [3.05, 3.63) is 17.6 Å². The molecule has 0 N–H and O–H groups in total. The average Bonchev–Trinajstić information content (AvgIpc) is 2.76. The Balaban J connectivity index is 1.73. The smallest absolute Gasteiger partial charge is 0.409 e. The van der Waals surface area contributed by atoms with Gasteiger partial charge in [-0.1, -0.05) is 0 Å². The van der Waals surface area contributed by atoms with Crippen LogP contribution in [0, 0.1) is 17.6 Å². The number of hydrogen-bond donors (Lipinski definition) is 0. The summed E-state index contributed by atoms with van der Waals surface area (Å²) in [5, 5.41) is 0. The Morgan fingerprint density at radius 2 is 1.78 bits per heavy atom. The fourth-order valence-electron chi connectivity index (χ4n) is 4.08. The molecule has 2 aliphatic rings. The van der Waals surface area contributed by atoms with E-state index in [1.165, 1.54) is 9.80 Å². The first kappa shape index (κ1) is 24.6. The van der Waals surface area contributed by atoms with E-state index >= 15 is 4.39 Å². The quantitative estimate of drug-likeness (QED) is 0.581. The molecule has 1 aromatic heterocycles. The number of aromatic nitrogens is 1. The van der Waals surface area contributed by atoms with Gasteiger partial charge in [0.15, 0.2) is 27.3 Å². The number of sulfone groups is 1. The minimum absolute atomic E-state index is 0.00271. The highest BCUT2D eigenvalue weighted by molar-refractivity contribution is 7.91. The lowest BCUT2D eigenvalue weighted by molar-refractivity contribution is 0.0812. The third-order valence-electron chi connectivity index (χ3n) is 5.94. The van der Waals surface area contributed by atoms with E-state index in [9.17, 15) is 22.0 Å². The molecule has 32 heavy (non-hydrogen) atoms. The molecular formula is C20H29F3N4O4S. The van der Waals surface area contributed by atoms with Crippen LogP contribution in [0.5, 0.6) is 0 Å². The number of amides is 1. The van der Waals surface area contributed by atoms with Gasteiger partial charge in [0, 0.05) is 45.3 Å². The number of pyridine rings is 1. The second-order valence-electron chi connectivity index (χ2n) is 8.07. The first-order valence-electron chi connectivity index (χ1n) is 10.8. The van der Waals surface area contributed by atoms with Crippen molar-refractivity contribution in [1.82, 2.24) is 14.8 Å². The highest BCUT2D eigenvalue weighted by Gasteiger charge is 2.34. The van der Waals surface area contributed by atoms with E-state index < -0.39 is 50.0 Å². The summed E-state index contributed by atoms with van der Waals surface area (Å²) < 4.78 is 74.4. The molecule has 2 aliphatic heterocycles. The maximum absolute atomic E-state index is 15.2. The maximum Gasteiger partial charge on any atom is 0.409 e. The van der Waals surface area contributed by atoms with Crippen molar-refractivity contribution < 1.29 is 31.1 Å². The van der Waals surface area contributed by atoms with E-state index in [1.807, 2.05) is 6.92 Å². The molecule has 0 aliphatic carbocycles. The summed E-state index contributed by atoms with van der Waals surface area (Å²) in [6.45, 7) is 5.64. The number of carbonyl (C=O) groups is 1.